The van der Waals surface area contributed by atoms with E-state index < -0.39 is 17.5 Å². The van der Waals surface area contributed by atoms with E-state index in [0.717, 1.165) is 12.8 Å². The molecule has 0 unspecified atom stereocenters. The van der Waals surface area contributed by atoms with Crippen molar-refractivity contribution in [2.24, 2.45) is 5.92 Å². The van der Waals surface area contributed by atoms with Crippen molar-refractivity contribution in [3.8, 4) is 0 Å². The second-order valence-electron chi connectivity index (χ2n) is 3.51. The number of nitrogens with one attached hydrogen (secondary N) is 1. The number of carbonyl (C=O) groups excluding carboxylic acids is 1. The first-order chi connectivity index (χ1) is 7.08. The summed E-state index contributed by atoms with van der Waals surface area (Å²) >= 11 is 0. The van der Waals surface area contributed by atoms with Crippen LogP contribution in [0.25, 0.3) is 0 Å². The third-order valence-corrected chi connectivity index (χ3v) is 2.22. The lowest BCUT2D eigenvalue weighted by Gasteiger charge is -2.05. The molecular formula is C10H8F3NO. The van der Waals surface area contributed by atoms with Gasteiger partial charge in [0.1, 0.15) is 5.82 Å². The van der Waals surface area contributed by atoms with E-state index in [4.69, 9.17) is 0 Å². The van der Waals surface area contributed by atoms with Crippen molar-refractivity contribution in [1.29, 1.82) is 0 Å². The Morgan fingerprint density at radius 1 is 1.13 bits per heavy atom. The summed E-state index contributed by atoms with van der Waals surface area (Å²) in [6, 6.07) is 1.06. The van der Waals surface area contributed by atoms with Crippen LogP contribution >= 0.6 is 0 Å². The highest BCUT2D eigenvalue weighted by Gasteiger charge is 2.30. The van der Waals surface area contributed by atoms with Gasteiger partial charge in [-0.15, -0.1) is 0 Å². The molecule has 1 saturated carbocycles. The molecule has 1 N–H and O–H groups in total. The third-order valence-electron chi connectivity index (χ3n) is 2.22. The molecule has 1 aromatic carbocycles. The summed E-state index contributed by atoms with van der Waals surface area (Å²) in [5, 5.41) is 2.22. The van der Waals surface area contributed by atoms with E-state index in [0.29, 0.717) is 12.1 Å². The van der Waals surface area contributed by atoms with Crippen molar-refractivity contribution in [2.45, 2.75) is 12.8 Å². The van der Waals surface area contributed by atoms with Gasteiger partial charge in [0, 0.05) is 18.1 Å². The van der Waals surface area contributed by atoms with Gasteiger partial charge in [-0.25, -0.2) is 13.2 Å². The average Bonchev–Trinajstić information content (AvgIpc) is 2.97. The van der Waals surface area contributed by atoms with Crippen LogP contribution in [0, 0.1) is 23.4 Å². The molecule has 0 radical (unpaired) electrons. The molecule has 1 aliphatic rings. The molecule has 0 aliphatic heterocycles. The largest absolute Gasteiger partial charge is 0.323 e. The highest BCUT2D eigenvalue weighted by Crippen LogP contribution is 2.30. The predicted octanol–water partition coefficient (Wildman–Crippen LogP) is 2.45. The highest BCUT2D eigenvalue weighted by atomic mass is 19.2. The smallest absolute Gasteiger partial charge is 0.227 e. The number of rotatable bonds is 2. The zero-order chi connectivity index (χ0) is 11.0. The van der Waals surface area contributed by atoms with Crippen LogP contribution in [-0.4, -0.2) is 5.91 Å². The normalized spacial score (nSPS) is 15.1. The van der Waals surface area contributed by atoms with Crippen molar-refractivity contribution >= 4 is 11.6 Å². The number of carbonyl (C=O) groups is 1. The Morgan fingerprint density at radius 2 is 1.73 bits per heavy atom. The molecule has 0 bridgehead atoms. The minimum absolute atomic E-state index is 0.113. The monoisotopic (exact) mass is 215 g/mol. The number of halogens is 3. The van der Waals surface area contributed by atoms with Crippen LogP contribution in [0.4, 0.5) is 18.9 Å². The molecule has 1 aliphatic carbocycles. The van der Waals surface area contributed by atoms with Crippen LogP contribution in [0.2, 0.25) is 0 Å². The van der Waals surface area contributed by atoms with Crippen molar-refractivity contribution in [3.05, 3.63) is 29.6 Å². The van der Waals surface area contributed by atoms with Gasteiger partial charge in [-0.2, -0.15) is 0 Å². The molecule has 1 fully saturated rings. The van der Waals surface area contributed by atoms with E-state index in [1.165, 1.54) is 0 Å². The zero-order valence-electron chi connectivity index (χ0n) is 7.69. The molecule has 0 spiro atoms. The molecule has 0 atom stereocenters. The number of hydrogen-bond donors (Lipinski definition) is 1. The molecule has 1 aromatic rings. The van der Waals surface area contributed by atoms with Gasteiger partial charge in [0.2, 0.25) is 5.91 Å². The average molecular weight is 215 g/mol. The van der Waals surface area contributed by atoms with Gasteiger partial charge in [0.15, 0.2) is 11.6 Å². The minimum Gasteiger partial charge on any atom is -0.323 e. The van der Waals surface area contributed by atoms with Crippen molar-refractivity contribution in [3.63, 3.8) is 0 Å². The first kappa shape index (κ1) is 10.0. The molecule has 80 valence electrons. The lowest BCUT2D eigenvalue weighted by Crippen LogP contribution is -2.14. The molecule has 15 heavy (non-hydrogen) atoms. The van der Waals surface area contributed by atoms with Gasteiger partial charge in [0.25, 0.3) is 0 Å². The standard InChI is InChI=1S/C10H8F3NO/c11-6-3-8(13)9(4-7(6)12)14-10(15)5-1-2-5/h3-5H,1-2H2,(H,14,15). The van der Waals surface area contributed by atoms with Crippen LogP contribution in [0.15, 0.2) is 12.1 Å². The lowest BCUT2D eigenvalue weighted by molar-refractivity contribution is -0.117. The lowest BCUT2D eigenvalue weighted by atomic mass is 10.2. The van der Waals surface area contributed by atoms with Crippen molar-refractivity contribution < 1.29 is 18.0 Å². The molecule has 0 aromatic heterocycles. The SMILES string of the molecule is O=C(Nc1cc(F)c(F)cc1F)C1CC1. The van der Waals surface area contributed by atoms with E-state index in [-0.39, 0.29) is 17.5 Å². The van der Waals surface area contributed by atoms with Gasteiger partial charge in [-0.3, -0.25) is 4.79 Å². The number of hydrogen-bond acceptors (Lipinski definition) is 1. The molecule has 5 heteroatoms. The third kappa shape index (κ3) is 2.11. The van der Waals surface area contributed by atoms with E-state index in [9.17, 15) is 18.0 Å². The van der Waals surface area contributed by atoms with Crippen LogP contribution in [0.3, 0.4) is 0 Å². The Bertz CT molecular complexity index is 415. The van der Waals surface area contributed by atoms with Gasteiger partial charge < -0.3 is 5.32 Å². The Hall–Kier alpha value is -1.52. The summed E-state index contributed by atoms with van der Waals surface area (Å²) < 4.78 is 38.3. The fraction of sp³-hybridized carbons (Fsp3) is 0.300. The van der Waals surface area contributed by atoms with Crippen LogP contribution in [0.5, 0.6) is 0 Å². The maximum Gasteiger partial charge on any atom is 0.227 e. The summed E-state index contributed by atoms with van der Waals surface area (Å²) in [6.07, 6.45) is 1.52. The van der Waals surface area contributed by atoms with E-state index in [1.54, 1.807) is 0 Å². The Kier molecular flexibility index (Phi) is 2.38. The summed E-state index contributed by atoms with van der Waals surface area (Å²) in [5.74, 6) is -3.88. The topological polar surface area (TPSA) is 29.1 Å². The van der Waals surface area contributed by atoms with Gasteiger partial charge >= 0.3 is 0 Å². The summed E-state index contributed by atoms with van der Waals surface area (Å²) in [6.45, 7) is 0. The molecule has 2 rings (SSSR count). The first-order valence-electron chi connectivity index (χ1n) is 4.53. The number of amides is 1. The molecule has 0 heterocycles. The summed E-state index contributed by atoms with van der Waals surface area (Å²) in [5.41, 5.74) is -0.314. The highest BCUT2D eigenvalue weighted by molar-refractivity contribution is 5.94. The van der Waals surface area contributed by atoms with Crippen molar-refractivity contribution in [2.75, 3.05) is 5.32 Å². The second-order valence-corrected chi connectivity index (χ2v) is 3.51. The summed E-state index contributed by atoms with van der Waals surface area (Å²) in [7, 11) is 0. The quantitative estimate of drug-likeness (QED) is 0.754. The van der Waals surface area contributed by atoms with Crippen molar-refractivity contribution in [1.82, 2.24) is 0 Å². The number of benzene rings is 1. The second kappa shape index (κ2) is 3.56. The Morgan fingerprint density at radius 3 is 2.33 bits per heavy atom. The van der Waals surface area contributed by atoms with Crippen LogP contribution < -0.4 is 5.32 Å². The van der Waals surface area contributed by atoms with Gasteiger partial charge in [-0.05, 0) is 12.8 Å². The minimum atomic E-state index is -1.27. The Labute approximate surface area is 84.1 Å². The first-order valence-corrected chi connectivity index (χ1v) is 4.53. The predicted molar refractivity (Wildman–Crippen MR) is 47.7 cm³/mol. The van der Waals surface area contributed by atoms with E-state index in [2.05, 4.69) is 5.32 Å². The maximum absolute atomic E-state index is 13.1. The summed E-state index contributed by atoms with van der Waals surface area (Å²) in [4.78, 5) is 11.2. The fourth-order valence-corrected chi connectivity index (χ4v) is 1.20. The molecule has 0 saturated heterocycles. The van der Waals surface area contributed by atoms with Crippen LogP contribution in [0.1, 0.15) is 12.8 Å². The zero-order valence-corrected chi connectivity index (χ0v) is 7.69. The van der Waals surface area contributed by atoms with E-state index in [1.807, 2.05) is 0 Å². The fourth-order valence-electron chi connectivity index (χ4n) is 1.20. The molecular weight excluding hydrogens is 207 g/mol. The maximum atomic E-state index is 13.1. The molecule has 1 amide bonds. The van der Waals surface area contributed by atoms with Gasteiger partial charge in [0.05, 0.1) is 5.69 Å². The molecule has 2 nitrogen and oxygen atoms in total. The number of anilines is 1. The van der Waals surface area contributed by atoms with Crippen LogP contribution in [-0.2, 0) is 4.79 Å². The Balaban J connectivity index is 2.20. The van der Waals surface area contributed by atoms with Gasteiger partial charge in [-0.1, -0.05) is 0 Å². The van der Waals surface area contributed by atoms with E-state index >= 15 is 0 Å².